The van der Waals surface area contributed by atoms with Crippen LogP contribution in [0.2, 0.25) is 5.02 Å². The molecule has 0 heterocycles. The first kappa shape index (κ1) is 18.2. The fourth-order valence-corrected chi connectivity index (χ4v) is 2.72. The maximum Gasteiger partial charge on any atom is 0.261 e. The second-order valence-corrected chi connectivity index (χ2v) is 7.10. The zero-order chi connectivity index (χ0) is 16.0. The van der Waals surface area contributed by atoms with E-state index in [1.54, 1.807) is 6.92 Å². The van der Waals surface area contributed by atoms with E-state index in [2.05, 4.69) is 5.32 Å². The number of carbonyl (C=O) groups excluding carboxylic acids is 1. The average molecular weight is 356 g/mol. The third-order valence-electron chi connectivity index (χ3n) is 2.47. The minimum Gasteiger partial charge on any atom is -0.382 e. The highest BCUT2D eigenvalue weighted by Gasteiger charge is 2.16. The molecule has 0 saturated heterocycles. The Morgan fingerprint density at radius 1 is 1.33 bits per heavy atom. The van der Waals surface area contributed by atoms with Crippen molar-refractivity contribution < 1.29 is 22.7 Å². The molecule has 0 bridgehead atoms. The van der Waals surface area contributed by atoms with Crippen LogP contribution in [0, 0.1) is 6.92 Å². The SMILES string of the molecule is COCCOCC(=O)Nc1c(C)cc(S(=O)(=O)Cl)cc1Cl. The number of rotatable bonds is 7. The number of halogens is 2. The van der Waals surface area contributed by atoms with Crippen molar-refractivity contribution in [1.82, 2.24) is 0 Å². The van der Waals surface area contributed by atoms with Gasteiger partial charge in [0, 0.05) is 17.8 Å². The van der Waals surface area contributed by atoms with E-state index in [1.165, 1.54) is 19.2 Å². The van der Waals surface area contributed by atoms with E-state index in [4.69, 9.17) is 31.8 Å². The molecule has 0 unspecified atom stereocenters. The molecule has 0 atom stereocenters. The van der Waals surface area contributed by atoms with Crippen LogP contribution in [0.15, 0.2) is 17.0 Å². The summed E-state index contributed by atoms with van der Waals surface area (Å²) in [6.07, 6.45) is 0. The number of aryl methyl sites for hydroxylation is 1. The molecule has 0 aliphatic carbocycles. The van der Waals surface area contributed by atoms with Crippen LogP contribution in [-0.2, 0) is 23.3 Å². The molecule has 1 aromatic rings. The first-order valence-electron chi connectivity index (χ1n) is 5.87. The van der Waals surface area contributed by atoms with Crippen LogP contribution >= 0.6 is 22.3 Å². The molecule has 1 aromatic carbocycles. The van der Waals surface area contributed by atoms with Crippen molar-refractivity contribution >= 4 is 42.9 Å². The molecule has 1 rings (SSSR count). The van der Waals surface area contributed by atoms with Crippen LogP contribution < -0.4 is 5.32 Å². The second kappa shape index (κ2) is 7.95. The van der Waals surface area contributed by atoms with E-state index < -0.39 is 15.0 Å². The van der Waals surface area contributed by atoms with E-state index in [0.29, 0.717) is 24.5 Å². The van der Waals surface area contributed by atoms with Gasteiger partial charge in [0.15, 0.2) is 0 Å². The van der Waals surface area contributed by atoms with Crippen molar-refractivity contribution in [3.05, 3.63) is 22.7 Å². The molecule has 0 aliphatic rings. The van der Waals surface area contributed by atoms with Crippen molar-refractivity contribution in [2.24, 2.45) is 0 Å². The van der Waals surface area contributed by atoms with Crippen LogP contribution in [-0.4, -0.2) is 41.3 Å². The summed E-state index contributed by atoms with van der Waals surface area (Å²) in [5, 5.41) is 2.64. The number of nitrogens with one attached hydrogen (secondary N) is 1. The number of carbonyl (C=O) groups is 1. The molecule has 1 amide bonds. The molecule has 0 aromatic heterocycles. The highest BCUT2D eigenvalue weighted by atomic mass is 35.7. The van der Waals surface area contributed by atoms with Crippen molar-refractivity contribution in [2.75, 3.05) is 32.2 Å². The van der Waals surface area contributed by atoms with E-state index in [9.17, 15) is 13.2 Å². The summed E-state index contributed by atoms with van der Waals surface area (Å²) in [4.78, 5) is 11.6. The Bertz CT molecular complexity index is 595. The lowest BCUT2D eigenvalue weighted by atomic mass is 10.2. The predicted molar refractivity (Wildman–Crippen MR) is 80.6 cm³/mol. The van der Waals surface area contributed by atoms with Crippen LogP contribution in [0.3, 0.4) is 0 Å². The monoisotopic (exact) mass is 355 g/mol. The third-order valence-corrected chi connectivity index (χ3v) is 4.10. The number of methoxy groups -OCH3 is 1. The molecule has 0 fully saturated rings. The summed E-state index contributed by atoms with van der Waals surface area (Å²) in [7, 11) is 2.90. The zero-order valence-corrected chi connectivity index (χ0v) is 13.8. The summed E-state index contributed by atoms with van der Waals surface area (Å²) in [6.45, 7) is 2.13. The van der Waals surface area contributed by atoms with Crippen LogP contribution in [0.25, 0.3) is 0 Å². The quantitative estimate of drug-likeness (QED) is 0.598. The standard InChI is InChI=1S/C12H15Cl2NO5S/c1-8-5-9(21(14,17)18)6-10(13)12(8)15-11(16)7-20-4-3-19-2/h5-6H,3-4,7H2,1-2H3,(H,15,16). The highest BCUT2D eigenvalue weighted by molar-refractivity contribution is 8.13. The van der Waals surface area contributed by atoms with Crippen LogP contribution in [0.5, 0.6) is 0 Å². The summed E-state index contributed by atoms with van der Waals surface area (Å²) < 4.78 is 32.4. The summed E-state index contributed by atoms with van der Waals surface area (Å²) in [6, 6.07) is 2.51. The van der Waals surface area contributed by atoms with E-state index in [0.717, 1.165) is 0 Å². The van der Waals surface area contributed by atoms with Gasteiger partial charge in [-0.15, -0.1) is 0 Å². The lowest BCUT2D eigenvalue weighted by Crippen LogP contribution is -2.20. The van der Waals surface area contributed by atoms with Crippen molar-refractivity contribution in [2.45, 2.75) is 11.8 Å². The predicted octanol–water partition coefficient (Wildman–Crippen LogP) is 2.18. The normalized spacial score (nSPS) is 11.4. The van der Waals surface area contributed by atoms with E-state index in [1.807, 2.05) is 0 Å². The molecular weight excluding hydrogens is 341 g/mol. The topological polar surface area (TPSA) is 81.7 Å². The molecule has 6 nitrogen and oxygen atoms in total. The Kier molecular flexibility index (Phi) is 6.89. The van der Waals surface area contributed by atoms with Gasteiger partial charge in [-0.05, 0) is 24.6 Å². The van der Waals surface area contributed by atoms with Gasteiger partial charge in [-0.1, -0.05) is 11.6 Å². The molecule has 21 heavy (non-hydrogen) atoms. The number of hydrogen-bond acceptors (Lipinski definition) is 5. The number of hydrogen-bond donors (Lipinski definition) is 1. The number of amides is 1. The molecular formula is C12H15Cl2NO5S. The molecule has 0 spiro atoms. The first-order chi connectivity index (χ1) is 9.75. The molecule has 1 N–H and O–H groups in total. The summed E-state index contributed by atoms with van der Waals surface area (Å²) in [5.74, 6) is -0.405. The van der Waals surface area contributed by atoms with Crippen molar-refractivity contribution in [3.8, 4) is 0 Å². The fourth-order valence-electron chi connectivity index (χ4n) is 1.49. The zero-order valence-electron chi connectivity index (χ0n) is 11.5. The maximum absolute atomic E-state index is 11.7. The molecule has 9 heteroatoms. The minimum atomic E-state index is -3.88. The Morgan fingerprint density at radius 3 is 2.52 bits per heavy atom. The Morgan fingerprint density at radius 2 is 2.00 bits per heavy atom. The van der Waals surface area contributed by atoms with Crippen molar-refractivity contribution in [3.63, 3.8) is 0 Å². The van der Waals surface area contributed by atoms with Gasteiger partial charge in [0.2, 0.25) is 5.91 Å². The van der Waals surface area contributed by atoms with Gasteiger partial charge in [0.25, 0.3) is 9.05 Å². The number of anilines is 1. The molecule has 0 radical (unpaired) electrons. The average Bonchev–Trinajstić information content (AvgIpc) is 2.37. The Labute approximate surface area is 132 Å². The Balaban J connectivity index is 2.78. The van der Waals surface area contributed by atoms with Gasteiger partial charge in [-0.2, -0.15) is 0 Å². The summed E-state index contributed by atoms with van der Waals surface area (Å²) in [5.41, 5.74) is 0.799. The van der Waals surface area contributed by atoms with E-state index in [-0.39, 0.29) is 16.5 Å². The van der Waals surface area contributed by atoms with Gasteiger partial charge in [-0.3, -0.25) is 4.79 Å². The Hall–Kier alpha value is -0.860. The fraction of sp³-hybridized carbons (Fsp3) is 0.417. The molecule has 0 saturated carbocycles. The van der Waals surface area contributed by atoms with E-state index >= 15 is 0 Å². The minimum absolute atomic E-state index is 0.0828. The van der Waals surface area contributed by atoms with Crippen LogP contribution in [0.4, 0.5) is 5.69 Å². The molecule has 0 aliphatic heterocycles. The number of ether oxygens (including phenoxy) is 2. The van der Waals surface area contributed by atoms with Crippen molar-refractivity contribution in [1.29, 1.82) is 0 Å². The second-order valence-electron chi connectivity index (χ2n) is 4.13. The van der Waals surface area contributed by atoms with Gasteiger partial charge >= 0.3 is 0 Å². The largest absolute Gasteiger partial charge is 0.382 e. The highest BCUT2D eigenvalue weighted by Crippen LogP contribution is 2.30. The third kappa shape index (κ3) is 5.80. The lowest BCUT2D eigenvalue weighted by molar-refractivity contribution is -0.121. The van der Waals surface area contributed by atoms with Crippen LogP contribution in [0.1, 0.15) is 5.56 Å². The smallest absolute Gasteiger partial charge is 0.261 e. The van der Waals surface area contributed by atoms with Gasteiger partial charge in [0.1, 0.15) is 6.61 Å². The maximum atomic E-state index is 11.7. The van der Waals surface area contributed by atoms with Gasteiger partial charge < -0.3 is 14.8 Å². The number of benzene rings is 1. The first-order valence-corrected chi connectivity index (χ1v) is 8.55. The van der Waals surface area contributed by atoms with Gasteiger partial charge in [-0.25, -0.2) is 8.42 Å². The lowest BCUT2D eigenvalue weighted by Gasteiger charge is -2.12. The summed E-state index contributed by atoms with van der Waals surface area (Å²) >= 11 is 5.97. The van der Waals surface area contributed by atoms with Gasteiger partial charge in [0.05, 0.1) is 28.8 Å². The molecule has 118 valence electrons.